The summed E-state index contributed by atoms with van der Waals surface area (Å²) in [5.41, 5.74) is 2.46. The van der Waals surface area contributed by atoms with Gasteiger partial charge < -0.3 is 15.1 Å². The molecule has 0 radical (unpaired) electrons. The van der Waals surface area contributed by atoms with Gasteiger partial charge in [0.2, 0.25) is 11.8 Å². The van der Waals surface area contributed by atoms with Crippen LogP contribution in [0.3, 0.4) is 0 Å². The molecule has 0 aliphatic carbocycles. The topological polar surface area (TPSA) is 52.7 Å². The zero-order valence-corrected chi connectivity index (χ0v) is 12.9. The van der Waals surface area contributed by atoms with Crippen LogP contribution < -0.4 is 5.32 Å². The third kappa shape index (κ3) is 3.61. The molecule has 0 aromatic heterocycles. The lowest BCUT2D eigenvalue weighted by Gasteiger charge is -2.30. The highest BCUT2D eigenvalue weighted by atomic mass is 16.2. The molecule has 2 amide bonds. The predicted molar refractivity (Wildman–Crippen MR) is 81.7 cm³/mol. The van der Waals surface area contributed by atoms with E-state index in [0.717, 1.165) is 0 Å². The maximum Gasteiger partial charge on any atom is 0.241 e. The van der Waals surface area contributed by atoms with Gasteiger partial charge in [0.1, 0.15) is 0 Å². The smallest absolute Gasteiger partial charge is 0.241 e. The van der Waals surface area contributed by atoms with E-state index in [-0.39, 0.29) is 24.4 Å². The molecule has 114 valence electrons. The van der Waals surface area contributed by atoms with Gasteiger partial charge in [0, 0.05) is 27.2 Å². The summed E-state index contributed by atoms with van der Waals surface area (Å²) in [6, 6.07) is 7.92. The molecule has 0 saturated carbocycles. The maximum atomic E-state index is 12.6. The van der Waals surface area contributed by atoms with Gasteiger partial charge in [-0.05, 0) is 24.5 Å². The molecular weight excluding hydrogens is 266 g/mol. The highest BCUT2D eigenvalue weighted by Gasteiger charge is 2.28. The zero-order chi connectivity index (χ0) is 15.4. The lowest BCUT2D eigenvalue weighted by atomic mass is 9.95. The number of amides is 2. The fourth-order valence-electron chi connectivity index (χ4n) is 2.50. The molecule has 1 aliphatic rings. The van der Waals surface area contributed by atoms with Crippen LogP contribution in [0.2, 0.25) is 0 Å². The van der Waals surface area contributed by atoms with Gasteiger partial charge in [-0.1, -0.05) is 24.3 Å². The Bertz CT molecular complexity index is 528. The van der Waals surface area contributed by atoms with Crippen molar-refractivity contribution < 1.29 is 9.59 Å². The third-order valence-electron chi connectivity index (χ3n) is 3.90. The summed E-state index contributed by atoms with van der Waals surface area (Å²) in [4.78, 5) is 27.5. The van der Waals surface area contributed by atoms with E-state index in [1.807, 2.05) is 19.1 Å². The molecule has 0 bridgehead atoms. The van der Waals surface area contributed by atoms with Crippen molar-refractivity contribution in [3.63, 3.8) is 0 Å². The van der Waals surface area contributed by atoms with Crippen molar-refractivity contribution in [3.05, 3.63) is 35.4 Å². The number of hydrogen-bond acceptors (Lipinski definition) is 3. The zero-order valence-electron chi connectivity index (χ0n) is 12.9. The number of benzene rings is 1. The minimum absolute atomic E-state index is 0.00204. The predicted octanol–water partition coefficient (Wildman–Crippen LogP) is 0.638. The minimum atomic E-state index is -0.241. The Labute approximate surface area is 125 Å². The average molecular weight is 289 g/mol. The summed E-state index contributed by atoms with van der Waals surface area (Å²) in [5, 5.41) is 3.28. The molecule has 1 aromatic rings. The van der Waals surface area contributed by atoms with Crippen LogP contribution in [0.25, 0.3) is 0 Å². The van der Waals surface area contributed by atoms with Gasteiger partial charge in [-0.2, -0.15) is 0 Å². The Hall–Kier alpha value is -1.88. The van der Waals surface area contributed by atoms with Crippen molar-refractivity contribution in [1.82, 2.24) is 15.1 Å². The van der Waals surface area contributed by atoms with Crippen molar-refractivity contribution in [2.24, 2.45) is 0 Å². The van der Waals surface area contributed by atoms with Crippen LogP contribution in [0.4, 0.5) is 0 Å². The van der Waals surface area contributed by atoms with E-state index in [0.29, 0.717) is 19.5 Å². The van der Waals surface area contributed by atoms with Gasteiger partial charge in [-0.15, -0.1) is 0 Å². The summed E-state index contributed by atoms with van der Waals surface area (Å²) < 4.78 is 0. The molecule has 1 atom stereocenters. The number of carbonyl (C=O) groups excluding carboxylic acids is 2. The first kappa shape index (κ1) is 15.5. The molecule has 0 saturated heterocycles. The van der Waals surface area contributed by atoms with E-state index >= 15 is 0 Å². The second kappa shape index (κ2) is 6.72. The van der Waals surface area contributed by atoms with Crippen molar-refractivity contribution >= 4 is 11.8 Å². The van der Waals surface area contributed by atoms with Crippen molar-refractivity contribution in [2.45, 2.75) is 25.9 Å². The van der Waals surface area contributed by atoms with Gasteiger partial charge in [0.25, 0.3) is 0 Å². The van der Waals surface area contributed by atoms with Gasteiger partial charge in [0.05, 0.1) is 12.6 Å². The number of carbonyl (C=O) groups is 2. The van der Waals surface area contributed by atoms with Crippen LogP contribution in [0.1, 0.15) is 18.1 Å². The number of fused-ring (bicyclic) bond motifs is 1. The maximum absolute atomic E-state index is 12.6. The van der Waals surface area contributed by atoms with Crippen LogP contribution in [0.15, 0.2) is 24.3 Å². The minimum Gasteiger partial charge on any atom is -0.347 e. The van der Waals surface area contributed by atoms with E-state index in [1.54, 1.807) is 19.0 Å². The molecule has 5 heteroatoms. The largest absolute Gasteiger partial charge is 0.347 e. The molecule has 0 unspecified atom stereocenters. The molecule has 21 heavy (non-hydrogen) atoms. The van der Waals surface area contributed by atoms with E-state index in [4.69, 9.17) is 0 Å². The standard InChI is InChI=1S/C16H23N3O2/c1-4-19(11-15(20)18(2)3)16(21)14-9-12-7-5-6-8-13(12)10-17-14/h5-8,14,17H,4,9-11H2,1-3H3/t14-/m0/s1. The van der Waals surface area contributed by atoms with Crippen molar-refractivity contribution in [2.75, 3.05) is 27.2 Å². The van der Waals surface area contributed by atoms with Crippen molar-refractivity contribution in [3.8, 4) is 0 Å². The first-order valence-electron chi connectivity index (χ1n) is 7.32. The summed E-state index contributed by atoms with van der Waals surface area (Å²) >= 11 is 0. The summed E-state index contributed by atoms with van der Waals surface area (Å²) in [7, 11) is 3.41. The molecule has 2 rings (SSSR count). The summed E-state index contributed by atoms with van der Waals surface area (Å²) in [5.74, 6) is -0.0522. The van der Waals surface area contributed by atoms with Gasteiger partial charge in [-0.25, -0.2) is 0 Å². The van der Waals surface area contributed by atoms with Gasteiger partial charge in [-0.3, -0.25) is 9.59 Å². The number of nitrogens with one attached hydrogen (secondary N) is 1. The van der Waals surface area contributed by atoms with Gasteiger partial charge in [0.15, 0.2) is 0 Å². The Morgan fingerprint density at radius 3 is 2.52 bits per heavy atom. The van der Waals surface area contributed by atoms with Crippen LogP contribution >= 0.6 is 0 Å². The lowest BCUT2D eigenvalue weighted by Crippen LogP contribution is -2.51. The van der Waals surface area contributed by atoms with Crippen LogP contribution in [0.5, 0.6) is 0 Å². The van der Waals surface area contributed by atoms with E-state index in [2.05, 4.69) is 17.4 Å². The van der Waals surface area contributed by atoms with E-state index < -0.39 is 0 Å². The molecule has 1 N–H and O–H groups in total. The number of nitrogens with zero attached hydrogens (tertiary/aromatic N) is 2. The monoisotopic (exact) mass is 289 g/mol. The van der Waals surface area contributed by atoms with Gasteiger partial charge >= 0.3 is 0 Å². The highest BCUT2D eigenvalue weighted by Crippen LogP contribution is 2.17. The Morgan fingerprint density at radius 2 is 1.90 bits per heavy atom. The number of hydrogen-bond donors (Lipinski definition) is 1. The molecule has 0 fully saturated rings. The fourth-order valence-corrected chi connectivity index (χ4v) is 2.50. The van der Waals surface area contributed by atoms with E-state index in [9.17, 15) is 9.59 Å². The second-order valence-electron chi connectivity index (χ2n) is 5.55. The number of likely N-dealkylation sites (N-methyl/N-ethyl adjacent to an activating group) is 2. The summed E-state index contributed by atoms with van der Waals surface area (Å²) in [6.07, 6.45) is 0.682. The second-order valence-corrected chi connectivity index (χ2v) is 5.55. The highest BCUT2D eigenvalue weighted by molar-refractivity contribution is 5.87. The Kier molecular flexibility index (Phi) is 4.96. The van der Waals surface area contributed by atoms with Crippen LogP contribution in [-0.4, -0.2) is 54.8 Å². The SMILES string of the molecule is CCN(CC(=O)N(C)C)C(=O)[C@@H]1Cc2ccccc2CN1. The molecule has 5 nitrogen and oxygen atoms in total. The molecule has 0 spiro atoms. The molecule has 1 heterocycles. The van der Waals surface area contributed by atoms with Crippen LogP contribution in [-0.2, 0) is 22.6 Å². The summed E-state index contributed by atoms with van der Waals surface area (Å²) in [6.45, 7) is 3.28. The van der Waals surface area contributed by atoms with Crippen LogP contribution in [0, 0.1) is 0 Å². The molecule has 1 aliphatic heterocycles. The first-order chi connectivity index (χ1) is 10.0. The van der Waals surface area contributed by atoms with E-state index in [1.165, 1.54) is 16.0 Å². The Morgan fingerprint density at radius 1 is 1.24 bits per heavy atom. The number of rotatable bonds is 4. The Balaban J connectivity index is 2.04. The normalized spacial score (nSPS) is 17.0. The molecule has 1 aromatic carbocycles. The molecular formula is C16H23N3O2. The first-order valence-corrected chi connectivity index (χ1v) is 7.32. The quantitative estimate of drug-likeness (QED) is 0.885. The third-order valence-corrected chi connectivity index (χ3v) is 3.90. The van der Waals surface area contributed by atoms with Crippen molar-refractivity contribution in [1.29, 1.82) is 0 Å². The lowest BCUT2D eigenvalue weighted by molar-refractivity contribution is -0.140. The average Bonchev–Trinajstić information content (AvgIpc) is 2.51. The fraction of sp³-hybridized carbons (Fsp3) is 0.500.